The van der Waals surface area contributed by atoms with Crippen molar-refractivity contribution >= 4 is 50.4 Å². The molecule has 1 saturated heterocycles. The van der Waals surface area contributed by atoms with E-state index in [4.69, 9.17) is 4.74 Å². The van der Waals surface area contributed by atoms with Gasteiger partial charge in [-0.25, -0.2) is 4.98 Å². The summed E-state index contributed by atoms with van der Waals surface area (Å²) in [5.74, 6) is 1.27. The molecule has 1 aliphatic rings. The molecule has 0 unspecified atom stereocenters. The fourth-order valence-corrected chi connectivity index (χ4v) is 4.26. The lowest BCUT2D eigenvalue weighted by Gasteiger charge is -2.29. The van der Waals surface area contributed by atoms with Crippen LogP contribution >= 0.6 is 15.9 Å². The third-order valence-electron chi connectivity index (χ3n) is 5.69. The van der Waals surface area contributed by atoms with Crippen LogP contribution in [0, 0.1) is 0 Å². The van der Waals surface area contributed by atoms with E-state index in [0.29, 0.717) is 17.1 Å². The van der Waals surface area contributed by atoms with Gasteiger partial charge >= 0.3 is 0 Å². The van der Waals surface area contributed by atoms with Crippen LogP contribution < -0.4 is 25.6 Å². The van der Waals surface area contributed by atoms with Gasteiger partial charge in [0.05, 0.1) is 34.2 Å². The van der Waals surface area contributed by atoms with Crippen molar-refractivity contribution in [3.05, 3.63) is 64.8 Å². The second kappa shape index (κ2) is 10.6. The summed E-state index contributed by atoms with van der Waals surface area (Å²) in [4.78, 5) is 19.1. The lowest BCUT2D eigenvalue weighted by Crippen LogP contribution is -2.29. The maximum atomic E-state index is 12.2. The highest BCUT2D eigenvalue weighted by Crippen LogP contribution is 2.35. The molecule has 0 saturated carbocycles. The summed E-state index contributed by atoms with van der Waals surface area (Å²) >= 11 is 3.55. The molecule has 1 amide bonds. The van der Waals surface area contributed by atoms with Gasteiger partial charge in [-0.15, -0.1) is 0 Å². The quantitative estimate of drug-likeness (QED) is 0.379. The first-order valence-electron chi connectivity index (χ1n) is 11.0. The molecule has 0 aliphatic carbocycles. The molecule has 172 valence electrons. The second-order valence-electron chi connectivity index (χ2n) is 7.86. The first-order valence-corrected chi connectivity index (χ1v) is 11.8. The van der Waals surface area contributed by atoms with E-state index in [1.54, 1.807) is 26.4 Å². The number of hydrogen-bond donors (Lipinski definition) is 3. The zero-order valence-electron chi connectivity index (χ0n) is 18.8. The molecule has 4 rings (SSSR count). The van der Waals surface area contributed by atoms with Gasteiger partial charge in [0.15, 0.2) is 0 Å². The van der Waals surface area contributed by atoms with Crippen molar-refractivity contribution < 1.29 is 9.53 Å². The van der Waals surface area contributed by atoms with E-state index in [-0.39, 0.29) is 5.91 Å². The molecule has 3 N–H and O–H groups in total. The number of carbonyl (C=O) groups is 1. The molecular weight excluding hydrogens is 482 g/mol. The average molecular weight is 510 g/mol. The van der Waals surface area contributed by atoms with E-state index in [9.17, 15) is 4.79 Å². The number of nitrogens with zero attached hydrogens (tertiary/aromatic N) is 2. The zero-order chi connectivity index (χ0) is 23.2. The standard InChI is InChI=1S/C25H28BrN5O2/c1-27-25(32)18-8-4-5-9-20(18)29-22-15-24(28-16-19(22)26)30-21-11-10-17(14-23(21)33-2)31-12-6-3-7-13-31/h4-5,8-11,14-16H,3,6-7,12-13H2,1-2H3,(H,27,32)(H2,28,29,30). The Morgan fingerprint density at radius 1 is 1.00 bits per heavy atom. The van der Waals surface area contributed by atoms with Gasteiger partial charge in [0.1, 0.15) is 11.6 Å². The Morgan fingerprint density at radius 3 is 2.55 bits per heavy atom. The molecule has 1 fully saturated rings. The molecule has 1 aliphatic heterocycles. The normalized spacial score (nSPS) is 13.4. The van der Waals surface area contributed by atoms with Gasteiger partial charge in [-0.05, 0) is 59.5 Å². The molecule has 7 nitrogen and oxygen atoms in total. The molecule has 0 spiro atoms. The number of methoxy groups -OCH3 is 1. The van der Waals surface area contributed by atoms with Crippen LogP contribution in [0.3, 0.4) is 0 Å². The molecular formula is C25H28BrN5O2. The van der Waals surface area contributed by atoms with Gasteiger partial charge in [0.25, 0.3) is 5.91 Å². The van der Waals surface area contributed by atoms with E-state index in [2.05, 4.69) is 53.9 Å². The third kappa shape index (κ3) is 5.39. The molecule has 0 atom stereocenters. The SMILES string of the molecule is CNC(=O)c1ccccc1Nc1cc(Nc2ccc(N3CCCCC3)cc2OC)ncc1Br. The largest absolute Gasteiger partial charge is 0.494 e. The Hall–Kier alpha value is -3.26. The minimum Gasteiger partial charge on any atom is -0.494 e. The summed E-state index contributed by atoms with van der Waals surface area (Å²) in [6, 6.07) is 15.5. The topological polar surface area (TPSA) is 78.5 Å². The molecule has 2 heterocycles. The van der Waals surface area contributed by atoms with Gasteiger partial charge in [-0.1, -0.05) is 12.1 Å². The molecule has 0 bridgehead atoms. The number of piperidine rings is 1. The van der Waals surface area contributed by atoms with Crippen LogP contribution in [0.2, 0.25) is 0 Å². The minimum atomic E-state index is -0.153. The summed E-state index contributed by atoms with van der Waals surface area (Å²) in [5.41, 5.74) is 4.07. The Kier molecular flexibility index (Phi) is 7.34. The molecule has 33 heavy (non-hydrogen) atoms. The predicted molar refractivity (Wildman–Crippen MR) is 137 cm³/mol. The van der Waals surface area contributed by atoms with Gasteiger partial charge in [0, 0.05) is 44.2 Å². The number of aromatic nitrogens is 1. The average Bonchev–Trinajstić information content (AvgIpc) is 2.86. The Morgan fingerprint density at radius 2 is 1.79 bits per heavy atom. The highest BCUT2D eigenvalue weighted by atomic mass is 79.9. The number of halogens is 1. The maximum Gasteiger partial charge on any atom is 0.253 e. The highest BCUT2D eigenvalue weighted by molar-refractivity contribution is 9.10. The van der Waals surface area contributed by atoms with Crippen LogP contribution in [0.1, 0.15) is 29.6 Å². The van der Waals surface area contributed by atoms with Crippen LogP contribution in [0.25, 0.3) is 0 Å². The lowest BCUT2D eigenvalue weighted by atomic mass is 10.1. The molecule has 1 aromatic heterocycles. The van der Waals surface area contributed by atoms with Crippen molar-refractivity contribution in [2.45, 2.75) is 19.3 Å². The first kappa shape index (κ1) is 22.9. The van der Waals surface area contributed by atoms with Gasteiger partial charge in [-0.2, -0.15) is 0 Å². The highest BCUT2D eigenvalue weighted by Gasteiger charge is 2.15. The minimum absolute atomic E-state index is 0.153. The van der Waals surface area contributed by atoms with Gasteiger partial charge in [-0.3, -0.25) is 4.79 Å². The van der Waals surface area contributed by atoms with E-state index >= 15 is 0 Å². The van der Waals surface area contributed by atoms with E-state index < -0.39 is 0 Å². The van der Waals surface area contributed by atoms with Crippen LogP contribution in [0.5, 0.6) is 5.75 Å². The predicted octanol–water partition coefficient (Wildman–Crippen LogP) is 5.69. The Bertz CT molecular complexity index is 1130. The number of carbonyl (C=O) groups excluding carboxylic acids is 1. The Balaban J connectivity index is 1.57. The van der Waals surface area contributed by atoms with E-state index in [1.165, 1.54) is 24.9 Å². The first-order chi connectivity index (χ1) is 16.1. The molecule has 0 radical (unpaired) electrons. The number of nitrogens with one attached hydrogen (secondary N) is 3. The number of anilines is 5. The summed E-state index contributed by atoms with van der Waals surface area (Å²) in [6.07, 6.45) is 5.47. The van der Waals surface area contributed by atoms with Crippen molar-refractivity contribution in [2.24, 2.45) is 0 Å². The molecule has 3 aromatic rings. The van der Waals surface area contributed by atoms with Crippen molar-refractivity contribution in [2.75, 3.05) is 42.8 Å². The number of para-hydroxylation sites is 1. The monoisotopic (exact) mass is 509 g/mol. The fourth-order valence-electron chi connectivity index (χ4n) is 3.94. The van der Waals surface area contributed by atoms with Crippen LogP contribution in [0.15, 0.2) is 59.2 Å². The number of amides is 1. The van der Waals surface area contributed by atoms with Crippen molar-refractivity contribution in [1.82, 2.24) is 10.3 Å². The van der Waals surface area contributed by atoms with Crippen LogP contribution in [-0.4, -0.2) is 38.1 Å². The summed E-state index contributed by atoms with van der Waals surface area (Å²) in [5, 5.41) is 9.37. The number of benzene rings is 2. The van der Waals surface area contributed by atoms with Crippen LogP contribution in [-0.2, 0) is 0 Å². The van der Waals surface area contributed by atoms with Crippen molar-refractivity contribution in [1.29, 1.82) is 0 Å². The summed E-state index contributed by atoms with van der Waals surface area (Å²) < 4.78 is 6.45. The summed E-state index contributed by atoms with van der Waals surface area (Å²) in [7, 11) is 3.30. The Labute approximate surface area is 202 Å². The number of ether oxygens (including phenoxy) is 1. The fraction of sp³-hybridized carbons (Fsp3) is 0.280. The van der Waals surface area contributed by atoms with Gasteiger partial charge < -0.3 is 25.6 Å². The zero-order valence-corrected chi connectivity index (χ0v) is 20.4. The van der Waals surface area contributed by atoms with Crippen LogP contribution in [0.4, 0.5) is 28.6 Å². The second-order valence-corrected chi connectivity index (χ2v) is 8.71. The number of rotatable bonds is 7. The molecule has 2 aromatic carbocycles. The number of pyridine rings is 1. The van der Waals surface area contributed by atoms with Gasteiger partial charge in [0.2, 0.25) is 0 Å². The maximum absolute atomic E-state index is 12.2. The third-order valence-corrected chi connectivity index (χ3v) is 6.32. The smallest absolute Gasteiger partial charge is 0.253 e. The number of hydrogen-bond acceptors (Lipinski definition) is 6. The van der Waals surface area contributed by atoms with E-state index in [0.717, 1.165) is 34.7 Å². The lowest BCUT2D eigenvalue weighted by molar-refractivity contribution is 0.0964. The summed E-state index contributed by atoms with van der Waals surface area (Å²) in [6.45, 7) is 2.16. The van der Waals surface area contributed by atoms with Crippen molar-refractivity contribution in [3.8, 4) is 5.75 Å². The van der Waals surface area contributed by atoms with Crippen molar-refractivity contribution in [3.63, 3.8) is 0 Å². The van der Waals surface area contributed by atoms with E-state index in [1.807, 2.05) is 30.3 Å². The molecule has 8 heteroatoms.